The van der Waals surface area contributed by atoms with Crippen LogP contribution in [0.4, 0.5) is 11.9 Å². The molecule has 2 aromatic heterocycles. The average Bonchev–Trinajstić information content (AvgIpc) is 3.34. The van der Waals surface area contributed by atoms with Crippen molar-refractivity contribution >= 4 is 20.7 Å². The molecule has 0 aliphatic heterocycles. The van der Waals surface area contributed by atoms with E-state index >= 15 is 0 Å². The van der Waals surface area contributed by atoms with Gasteiger partial charge in [-0.3, -0.25) is 5.32 Å². The number of tetrazole rings is 2. The van der Waals surface area contributed by atoms with Gasteiger partial charge in [0, 0.05) is 33.9 Å². The van der Waals surface area contributed by atoms with Crippen molar-refractivity contribution in [1.29, 1.82) is 0 Å². The first kappa shape index (κ1) is 20.4. The quantitative estimate of drug-likeness (QED) is 0.359. The van der Waals surface area contributed by atoms with Crippen molar-refractivity contribution in [3.63, 3.8) is 0 Å². The van der Waals surface area contributed by atoms with Crippen molar-refractivity contribution in [3.05, 3.63) is 0 Å². The highest BCUT2D eigenvalue weighted by molar-refractivity contribution is 6.60. The van der Waals surface area contributed by atoms with Gasteiger partial charge in [0.2, 0.25) is 5.95 Å². The molecule has 12 nitrogen and oxygen atoms in total. The van der Waals surface area contributed by atoms with Crippen LogP contribution >= 0.6 is 0 Å². The summed E-state index contributed by atoms with van der Waals surface area (Å²) >= 11 is 0. The number of aromatic nitrogens is 8. The van der Waals surface area contributed by atoms with Crippen molar-refractivity contribution in [1.82, 2.24) is 40.8 Å². The van der Waals surface area contributed by atoms with Crippen LogP contribution in [0.5, 0.6) is 0 Å². The third-order valence-electron chi connectivity index (χ3n) is 4.14. The van der Waals surface area contributed by atoms with Crippen LogP contribution in [0.15, 0.2) is 0 Å². The summed E-state index contributed by atoms with van der Waals surface area (Å²) in [6, 6.07) is 0.853. The zero-order valence-electron chi connectivity index (χ0n) is 15.5. The first-order chi connectivity index (χ1) is 12.7. The van der Waals surface area contributed by atoms with Gasteiger partial charge in [0.05, 0.1) is 0 Å². The zero-order valence-corrected chi connectivity index (χ0v) is 16.5. The lowest BCUT2D eigenvalue weighted by atomic mass is 10.1. The smallest absolute Gasteiger partial charge is 0.377 e. The van der Waals surface area contributed by atoms with E-state index in [0.717, 1.165) is 44.7 Å². The molecule has 2 aromatic rings. The van der Waals surface area contributed by atoms with Crippen LogP contribution < -0.4 is 5.32 Å². The summed E-state index contributed by atoms with van der Waals surface area (Å²) in [6.07, 6.45) is 6.64. The van der Waals surface area contributed by atoms with Gasteiger partial charge in [-0.2, -0.15) is 5.21 Å². The van der Waals surface area contributed by atoms with Crippen molar-refractivity contribution in [2.75, 3.05) is 26.6 Å². The molecule has 0 saturated heterocycles. The Bertz CT molecular complexity index is 598. The lowest BCUT2D eigenvalue weighted by molar-refractivity contribution is 0.122. The first-order valence-corrected chi connectivity index (χ1v) is 10.6. The van der Waals surface area contributed by atoms with E-state index in [1.165, 1.54) is 6.42 Å². The number of nitrogens with zero attached hydrogens (tertiary/aromatic N) is 7. The molecular formula is C13H27N9O3Si. The topological polar surface area (TPSA) is 138 Å². The molecule has 0 spiro atoms. The number of nitrogens with one attached hydrogen (secondary N) is 2. The molecule has 0 unspecified atom stereocenters. The van der Waals surface area contributed by atoms with Gasteiger partial charge < -0.3 is 13.3 Å². The number of aryl methyl sites for hydroxylation is 1. The summed E-state index contributed by atoms with van der Waals surface area (Å²) in [7, 11) is 2.55. The molecule has 0 bridgehead atoms. The standard InChI is InChI=1S/C13H27N9O3Si/c1-23-26(24-2,25-3)11-9-7-5-4-6-8-10-22-13(17-20-21-22)14-12-15-18-19-16-12/h4-11H2,1-3H3,(H2,14,15,16,17,18,19,21). The average molecular weight is 386 g/mol. The molecule has 26 heavy (non-hydrogen) atoms. The minimum absolute atomic E-state index is 0.337. The second-order valence-corrected chi connectivity index (χ2v) is 8.84. The number of anilines is 2. The molecule has 0 saturated carbocycles. The van der Waals surface area contributed by atoms with Gasteiger partial charge in [-0.15, -0.1) is 5.10 Å². The summed E-state index contributed by atoms with van der Waals surface area (Å²) in [4.78, 5) is 0. The lowest BCUT2D eigenvalue weighted by Crippen LogP contribution is -2.42. The lowest BCUT2D eigenvalue weighted by Gasteiger charge is -2.24. The van der Waals surface area contributed by atoms with E-state index in [1.807, 2.05) is 0 Å². The number of hydrogen-bond acceptors (Lipinski definition) is 10. The third-order valence-corrected chi connectivity index (χ3v) is 6.97. The zero-order chi connectivity index (χ0) is 18.7. The molecule has 0 fully saturated rings. The van der Waals surface area contributed by atoms with Crippen LogP contribution in [-0.4, -0.2) is 71.0 Å². The number of aromatic amines is 1. The van der Waals surface area contributed by atoms with Crippen LogP contribution in [0.2, 0.25) is 6.04 Å². The molecule has 0 aliphatic rings. The van der Waals surface area contributed by atoms with E-state index < -0.39 is 8.80 Å². The highest BCUT2D eigenvalue weighted by atomic mass is 28.4. The van der Waals surface area contributed by atoms with Gasteiger partial charge in [0.25, 0.3) is 5.95 Å². The Hall–Kier alpha value is -1.96. The van der Waals surface area contributed by atoms with Gasteiger partial charge >= 0.3 is 8.80 Å². The summed E-state index contributed by atoms with van der Waals surface area (Å²) in [5.74, 6) is 0.843. The van der Waals surface area contributed by atoms with Crippen LogP contribution in [0, 0.1) is 0 Å². The molecule has 13 heteroatoms. The summed E-state index contributed by atoms with van der Waals surface area (Å²) in [6.45, 7) is 0.736. The van der Waals surface area contributed by atoms with Gasteiger partial charge in [-0.1, -0.05) is 35.9 Å². The van der Waals surface area contributed by atoms with E-state index in [0.29, 0.717) is 11.9 Å². The van der Waals surface area contributed by atoms with Gasteiger partial charge in [0.15, 0.2) is 0 Å². The van der Waals surface area contributed by atoms with Crippen molar-refractivity contribution < 1.29 is 13.3 Å². The number of hydrogen-bond donors (Lipinski definition) is 2. The summed E-state index contributed by atoms with van der Waals surface area (Å²) in [5.41, 5.74) is 0. The SMILES string of the molecule is CO[Si](CCCCCCCCn1nnnc1Nc1nn[nH]n1)(OC)OC. The summed E-state index contributed by atoms with van der Waals surface area (Å²) < 4.78 is 18.0. The minimum atomic E-state index is -2.41. The van der Waals surface area contributed by atoms with Crippen LogP contribution in [0.25, 0.3) is 0 Å². The maximum Gasteiger partial charge on any atom is 0.500 e. The van der Waals surface area contributed by atoms with E-state index in [-0.39, 0.29) is 0 Å². The Morgan fingerprint density at radius 3 is 2.31 bits per heavy atom. The Morgan fingerprint density at radius 2 is 1.65 bits per heavy atom. The Morgan fingerprint density at radius 1 is 0.962 bits per heavy atom. The second kappa shape index (κ2) is 10.9. The van der Waals surface area contributed by atoms with E-state index in [4.69, 9.17) is 13.3 Å². The van der Waals surface area contributed by atoms with Gasteiger partial charge in [0.1, 0.15) is 0 Å². The molecule has 2 heterocycles. The second-order valence-electron chi connectivity index (χ2n) is 5.75. The molecular weight excluding hydrogens is 358 g/mol. The van der Waals surface area contributed by atoms with E-state index in [1.54, 1.807) is 26.0 Å². The van der Waals surface area contributed by atoms with Crippen LogP contribution in [-0.2, 0) is 19.8 Å². The first-order valence-electron chi connectivity index (χ1n) is 8.65. The minimum Gasteiger partial charge on any atom is -0.377 e. The highest BCUT2D eigenvalue weighted by Crippen LogP contribution is 2.18. The predicted octanol–water partition coefficient (Wildman–Crippen LogP) is 1.15. The number of rotatable bonds is 14. The Labute approximate surface area is 153 Å². The fourth-order valence-corrected chi connectivity index (χ4v) is 4.42. The van der Waals surface area contributed by atoms with Gasteiger partial charge in [-0.25, -0.2) is 4.68 Å². The molecule has 146 valence electrons. The van der Waals surface area contributed by atoms with Crippen molar-refractivity contribution in [3.8, 4) is 0 Å². The molecule has 2 rings (SSSR count). The fraction of sp³-hybridized carbons (Fsp3) is 0.846. The molecule has 0 aliphatic carbocycles. The fourth-order valence-electron chi connectivity index (χ4n) is 2.63. The largest absolute Gasteiger partial charge is 0.500 e. The molecule has 0 aromatic carbocycles. The maximum absolute atomic E-state index is 5.42. The Balaban J connectivity index is 1.57. The molecule has 2 N–H and O–H groups in total. The van der Waals surface area contributed by atoms with Gasteiger partial charge in [-0.05, 0) is 28.5 Å². The molecule has 0 radical (unpaired) electrons. The number of H-pyrrole nitrogens is 1. The number of unbranched alkanes of at least 4 members (excludes halogenated alkanes) is 5. The maximum atomic E-state index is 5.42. The predicted molar refractivity (Wildman–Crippen MR) is 94.6 cm³/mol. The normalized spacial score (nSPS) is 11.8. The molecule has 0 amide bonds. The van der Waals surface area contributed by atoms with Crippen molar-refractivity contribution in [2.24, 2.45) is 0 Å². The molecule has 0 atom stereocenters. The third kappa shape index (κ3) is 6.08. The van der Waals surface area contributed by atoms with Crippen LogP contribution in [0.3, 0.4) is 0 Å². The van der Waals surface area contributed by atoms with E-state index in [9.17, 15) is 0 Å². The monoisotopic (exact) mass is 385 g/mol. The highest BCUT2D eigenvalue weighted by Gasteiger charge is 2.36. The Kier molecular flexibility index (Phi) is 8.53. The van der Waals surface area contributed by atoms with Crippen LogP contribution in [0.1, 0.15) is 38.5 Å². The summed E-state index contributed by atoms with van der Waals surface area (Å²) in [5, 5.41) is 27.9. The van der Waals surface area contributed by atoms with Crippen molar-refractivity contribution in [2.45, 2.75) is 51.1 Å². The van der Waals surface area contributed by atoms with E-state index in [2.05, 4.69) is 41.5 Å².